The molecule has 1 heterocycles. The Morgan fingerprint density at radius 2 is 1.70 bits per heavy atom. The molecule has 1 saturated heterocycles. The second-order valence-corrected chi connectivity index (χ2v) is 7.37. The van der Waals surface area contributed by atoms with Crippen LogP contribution in [0.15, 0.2) is 54.6 Å². The van der Waals surface area contributed by atoms with Gasteiger partial charge in [-0.15, -0.1) is 0 Å². The summed E-state index contributed by atoms with van der Waals surface area (Å²) in [6.45, 7) is 7.83. The van der Waals surface area contributed by atoms with E-state index in [1.807, 2.05) is 6.07 Å². The van der Waals surface area contributed by atoms with Gasteiger partial charge < -0.3 is 15.4 Å². The largest absolute Gasteiger partial charge is 0.379 e. The van der Waals surface area contributed by atoms with Crippen molar-refractivity contribution in [3.05, 3.63) is 71.3 Å². The molecule has 0 saturated carbocycles. The zero-order chi connectivity index (χ0) is 18.9. The highest BCUT2D eigenvalue weighted by Gasteiger charge is 2.15. The highest BCUT2D eigenvalue weighted by Crippen LogP contribution is 2.22. The molecule has 0 aromatic heterocycles. The van der Waals surface area contributed by atoms with Gasteiger partial charge in [-0.3, -0.25) is 4.90 Å². The van der Waals surface area contributed by atoms with Gasteiger partial charge in [0.15, 0.2) is 5.11 Å². The van der Waals surface area contributed by atoms with Crippen LogP contribution in [0.5, 0.6) is 0 Å². The summed E-state index contributed by atoms with van der Waals surface area (Å²) in [5.74, 6) is 0. The van der Waals surface area contributed by atoms with Crippen molar-refractivity contribution in [3.8, 4) is 0 Å². The lowest BCUT2D eigenvalue weighted by Crippen LogP contribution is -2.41. The molecule has 3 rings (SSSR count). The van der Waals surface area contributed by atoms with E-state index < -0.39 is 0 Å². The molecule has 0 unspecified atom stereocenters. The van der Waals surface area contributed by atoms with Gasteiger partial charge in [0.1, 0.15) is 0 Å². The topological polar surface area (TPSA) is 36.5 Å². The number of rotatable bonds is 7. The molecule has 2 N–H and O–H groups in total. The van der Waals surface area contributed by atoms with E-state index in [-0.39, 0.29) is 6.04 Å². The van der Waals surface area contributed by atoms with E-state index in [0.717, 1.165) is 45.8 Å². The summed E-state index contributed by atoms with van der Waals surface area (Å²) in [7, 11) is 0. The maximum Gasteiger partial charge on any atom is 0.167 e. The number of nitrogens with zero attached hydrogens (tertiary/aromatic N) is 1. The van der Waals surface area contributed by atoms with Gasteiger partial charge in [0.2, 0.25) is 0 Å². The maximum atomic E-state index is 5.57. The van der Waals surface area contributed by atoms with Crippen LogP contribution in [0.3, 0.4) is 0 Å². The lowest BCUT2D eigenvalue weighted by atomic mass is 9.98. The van der Waals surface area contributed by atoms with Gasteiger partial charge in [0.25, 0.3) is 0 Å². The molecule has 1 fully saturated rings. The summed E-state index contributed by atoms with van der Waals surface area (Å²) in [6, 6.07) is 19.1. The van der Waals surface area contributed by atoms with Crippen LogP contribution in [-0.2, 0) is 4.74 Å². The number of morpholine rings is 1. The number of benzene rings is 2. The van der Waals surface area contributed by atoms with Crippen molar-refractivity contribution in [2.75, 3.05) is 39.4 Å². The second-order valence-electron chi connectivity index (χ2n) is 6.96. The molecular formula is C22H29N3OS. The molecule has 2 aromatic rings. The van der Waals surface area contributed by atoms with Gasteiger partial charge in [-0.1, -0.05) is 60.2 Å². The van der Waals surface area contributed by atoms with E-state index in [4.69, 9.17) is 17.0 Å². The first-order valence-corrected chi connectivity index (χ1v) is 10.1. The fraction of sp³-hybridized carbons (Fsp3) is 0.409. The predicted octanol–water partition coefficient (Wildman–Crippen LogP) is 3.27. The Morgan fingerprint density at radius 3 is 2.41 bits per heavy atom. The number of thiocarbonyl (C=S) groups is 1. The number of ether oxygens (including phenoxy) is 1. The molecule has 0 amide bonds. The van der Waals surface area contributed by atoms with Crippen LogP contribution in [0.1, 0.15) is 29.2 Å². The van der Waals surface area contributed by atoms with E-state index in [1.165, 1.54) is 16.7 Å². The zero-order valence-corrected chi connectivity index (χ0v) is 16.8. The Labute approximate surface area is 167 Å². The van der Waals surface area contributed by atoms with E-state index in [1.54, 1.807) is 0 Å². The fourth-order valence-electron chi connectivity index (χ4n) is 3.27. The molecule has 5 heteroatoms. The Morgan fingerprint density at radius 1 is 1.04 bits per heavy atom. The van der Waals surface area contributed by atoms with Gasteiger partial charge in [0.05, 0.1) is 19.3 Å². The van der Waals surface area contributed by atoms with Crippen molar-refractivity contribution >= 4 is 17.3 Å². The maximum absolute atomic E-state index is 5.57. The molecule has 27 heavy (non-hydrogen) atoms. The number of aryl methyl sites for hydroxylation is 1. The van der Waals surface area contributed by atoms with E-state index in [9.17, 15) is 0 Å². The standard InChI is InChI=1S/C22H29N3OS/c1-18-8-10-20(11-9-18)21(19-6-3-2-4-7-19)24-22(27)23-12-5-13-25-14-16-26-17-15-25/h2-4,6-11,21H,5,12-17H2,1H3,(H2,23,24,27)/t21-/m1/s1. The number of hydrogen-bond donors (Lipinski definition) is 2. The van der Waals surface area contributed by atoms with E-state index in [0.29, 0.717) is 5.11 Å². The quantitative estimate of drug-likeness (QED) is 0.567. The summed E-state index contributed by atoms with van der Waals surface area (Å²) < 4.78 is 5.39. The summed E-state index contributed by atoms with van der Waals surface area (Å²) in [6.07, 6.45) is 1.07. The molecule has 1 atom stereocenters. The Kier molecular flexibility index (Phi) is 7.63. The average molecular weight is 384 g/mol. The van der Waals surface area contributed by atoms with Crippen molar-refractivity contribution in [1.82, 2.24) is 15.5 Å². The summed E-state index contributed by atoms with van der Waals surface area (Å²) in [4.78, 5) is 2.45. The monoisotopic (exact) mass is 383 g/mol. The minimum atomic E-state index is 0.0473. The van der Waals surface area contributed by atoms with Crippen LogP contribution in [0.4, 0.5) is 0 Å². The Hall–Kier alpha value is -1.95. The molecule has 1 aliphatic heterocycles. The average Bonchev–Trinajstić information content (AvgIpc) is 2.72. The number of nitrogens with one attached hydrogen (secondary N) is 2. The van der Waals surface area contributed by atoms with Crippen molar-refractivity contribution in [3.63, 3.8) is 0 Å². The SMILES string of the molecule is Cc1ccc([C@H](NC(=S)NCCCN2CCOCC2)c2ccccc2)cc1. The minimum absolute atomic E-state index is 0.0473. The molecule has 0 spiro atoms. The third-order valence-electron chi connectivity index (χ3n) is 4.86. The molecule has 1 aliphatic rings. The van der Waals surface area contributed by atoms with Gasteiger partial charge in [-0.05, 0) is 43.2 Å². The Balaban J connectivity index is 1.53. The smallest absolute Gasteiger partial charge is 0.167 e. The van der Waals surface area contributed by atoms with Crippen LogP contribution in [0.2, 0.25) is 0 Å². The molecule has 144 valence electrons. The molecule has 2 aromatic carbocycles. The molecular weight excluding hydrogens is 354 g/mol. The third-order valence-corrected chi connectivity index (χ3v) is 5.12. The lowest BCUT2D eigenvalue weighted by molar-refractivity contribution is 0.0376. The summed E-state index contributed by atoms with van der Waals surface area (Å²) in [5, 5.41) is 7.56. The zero-order valence-electron chi connectivity index (χ0n) is 16.0. The van der Waals surface area contributed by atoms with Gasteiger partial charge in [-0.25, -0.2) is 0 Å². The first-order valence-electron chi connectivity index (χ1n) is 9.68. The third kappa shape index (κ3) is 6.31. The molecule has 4 nitrogen and oxygen atoms in total. The predicted molar refractivity (Wildman–Crippen MR) is 115 cm³/mol. The summed E-state index contributed by atoms with van der Waals surface area (Å²) in [5.41, 5.74) is 3.68. The van der Waals surface area contributed by atoms with Crippen molar-refractivity contribution < 1.29 is 4.74 Å². The first-order chi connectivity index (χ1) is 13.2. The molecule has 0 radical (unpaired) electrons. The van der Waals surface area contributed by atoms with Gasteiger partial charge in [-0.2, -0.15) is 0 Å². The van der Waals surface area contributed by atoms with E-state index in [2.05, 4.69) is 71.0 Å². The van der Waals surface area contributed by atoms with Crippen LogP contribution in [0, 0.1) is 6.92 Å². The fourth-order valence-corrected chi connectivity index (χ4v) is 3.49. The van der Waals surface area contributed by atoms with Crippen molar-refractivity contribution in [1.29, 1.82) is 0 Å². The molecule has 0 aliphatic carbocycles. The second kappa shape index (κ2) is 10.4. The van der Waals surface area contributed by atoms with Gasteiger partial charge >= 0.3 is 0 Å². The highest BCUT2D eigenvalue weighted by molar-refractivity contribution is 7.80. The van der Waals surface area contributed by atoms with Crippen LogP contribution >= 0.6 is 12.2 Å². The molecule has 0 bridgehead atoms. The van der Waals surface area contributed by atoms with Crippen LogP contribution in [-0.4, -0.2) is 49.4 Å². The minimum Gasteiger partial charge on any atom is -0.379 e. The normalized spacial score (nSPS) is 15.9. The number of hydrogen-bond acceptors (Lipinski definition) is 3. The van der Waals surface area contributed by atoms with Crippen molar-refractivity contribution in [2.45, 2.75) is 19.4 Å². The van der Waals surface area contributed by atoms with Crippen molar-refractivity contribution in [2.24, 2.45) is 0 Å². The van der Waals surface area contributed by atoms with Gasteiger partial charge in [0, 0.05) is 19.6 Å². The Bertz CT molecular complexity index is 699. The first kappa shape index (κ1) is 19.8. The lowest BCUT2D eigenvalue weighted by Gasteiger charge is -2.26. The van der Waals surface area contributed by atoms with Crippen LogP contribution < -0.4 is 10.6 Å². The highest BCUT2D eigenvalue weighted by atomic mass is 32.1. The summed E-state index contributed by atoms with van der Waals surface area (Å²) >= 11 is 5.57. The van der Waals surface area contributed by atoms with Crippen LogP contribution in [0.25, 0.3) is 0 Å². The van der Waals surface area contributed by atoms with E-state index >= 15 is 0 Å².